The normalized spacial score (nSPS) is 10.4. The minimum atomic E-state index is -0.675. The fourth-order valence-corrected chi connectivity index (χ4v) is 1.52. The first-order valence-corrected chi connectivity index (χ1v) is 6.02. The monoisotopic (exact) mass is 307 g/mol. The van der Waals surface area contributed by atoms with Gasteiger partial charge in [-0.15, -0.1) is 0 Å². The number of hydrogen-bond acceptors (Lipinski definition) is 5. The second kappa shape index (κ2) is 6.58. The van der Waals surface area contributed by atoms with Gasteiger partial charge in [0.1, 0.15) is 0 Å². The Morgan fingerprint density at radius 2 is 1.95 bits per heavy atom. The highest BCUT2D eigenvalue weighted by Crippen LogP contribution is 2.35. The van der Waals surface area contributed by atoms with Crippen molar-refractivity contribution in [3.05, 3.63) is 32.3 Å². The first kappa shape index (κ1) is 15.5. The molecule has 0 heterocycles. The van der Waals surface area contributed by atoms with E-state index in [1.54, 1.807) is 13.8 Å². The maximum absolute atomic E-state index is 11.3. The van der Waals surface area contributed by atoms with Crippen molar-refractivity contribution < 1.29 is 19.2 Å². The lowest BCUT2D eigenvalue weighted by atomic mass is 10.3. The van der Waals surface area contributed by atoms with E-state index in [9.17, 15) is 14.9 Å². The minimum Gasteiger partial charge on any atom is -0.475 e. The standard InChI is InChI=1S/C11H11Cl2NO5/c1-6(2)19-11(15)5-18-10-4-8(13)7(12)3-9(10)14(16)17/h3-4,6H,5H2,1-2H3. The summed E-state index contributed by atoms with van der Waals surface area (Å²) in [7, 11) is 0. The molecule has 1 rings (SSSR count). The summed E-state index contributed by atoms with van der Waals surface area (Å²) >= 11 is 11.4. The summed E-state index contributed by atoms with van der Waals surface area (Å²) in [5, 5.41) is 10.9. The zero-order chi connectivity index (χ0) is 14.6. The molecular formula is C11H11Cl2NO5. The number of hydrogen-bond donors (Lipinski definition) is 0. The Morgan fingerprint density at radius 1 is 1.37 bits per heavy atom. The number of rotatable bonds is 5. The molecular weight excluding hydrogens is 297 g/mol. The maximum Gasteiger partial charge on any atom is 0.344 e. The number of benzene rings is 1. The molecule has 1 aromatic carbocycles. The molecule has 0 saturated heterocycles. The number of ether oxygens (including phenoxy) is 2. The number of nitro benzene ring substituents is 1. The molecule has 0 amide bonds. The zero-order valence-corrected chi connectivity index (χ0v) is 11.7. The predicted octanol–water partition coefficient (Wildman–Crippen LogP) is 3.23. The summed E-state index contributed by atoms with van der Waals surface area (Å²) in [6.45, 7) is 2.91. The van der Waals surface area contributed by atoms with Crippen molar-refractivity contribution in [3.8, 4) is 5.75 Å². The third-order valence-corrected chi connectivity index (χ3v) is 2.63. The van der Waals surface area contributed by atoms with Crippen molar-refractivity contribution in [2.24, 2.45) is 0 Å². The molecule has 19 heavy (non-hydrogen) atoms. The van der Waals surface area contributed by atoms with Crippen molar-refractivity contribution >= 4 is 34.9 Å². The van der Waals surface area contributed by atoms with Crippen LogP contribution in [0.15, 0.2) is 12.1 Å². The minimum absolute atomic E-state index is 0.0328. The number of nitro groups is 1. The van der Waals surface area contributed by atoms with Crippen LogP contribution in [0.5, 0.6) is 5.75 Å². The Bertz CT molecular complexity index is 504. The summed E-state index contributed by atoms with van der Waals surface area (Å²) in [5.74, 6) is -0.768. The van der Waals surface area contributed by atoms with E-state index in [0.717, 1.165) is 6.07 Å². The predicted molar refractivity (Wildman–Crippen MR) is 69.8 cm³/mol. The van der Waals surface area contributed by atoms with Gasteiger partial charge in [-0.05, 0) is 13.8 Å². The van der Waals surface area contributed by atoms with Crippen LogP contribution in [-0.4, -0.2) is 23.6 Å². The molecule has 0 aromatic heterocycles. The van der Waals surface area contributed by atoms with Gasteiger partial charge in [-0.1, -0.05) is 23.2 Å². The molecule has 0 unspecified atom stereocenters. The van der Waals surface area contributed by atoms with Crippen LogP contribution in [0.4, 0.5) is 5.69 Å². The largest absolute Gasteiger partial charge is 0.475 e. The average Bonchev–Trinajstić information content (AvgIpc) is 2.29. The molecule has 6 nitrogen and oxygen atoms in total. The van der Waals surface area contributed by atoms with E-state index in [1.165, 1.54) is 6.07 Å². The van der Waals surface area contributed by atoms with E-state index < -0.39 is 17.5 Å². The van der Waals surface area contributed by atoms with E-state index in [2.05, 4.69) is 0 Å². The Kier molecular flexibility index (Phi) is 5.38. The van der Waals surface area contributed by atoms with E-state index in [-0.39, 0.29) is 27.6 Å². The van der Waals surface area contributed by atoms with Gasteiger partial charge >= 0.3 is 11.7 Å². The van der Waals surface area contributed by atoms with Crippen LogP contribution >= 0.6 is 23.2 Å². The molecule has 0 N–H and O–H groups in total. The van der Waals surface area contributed by atoms with Crippen LogP contribution in [0, 0.1) is 10.1 Å². The maximum atomic E-state index is 11.3. The van der Waals surface area contributed by atoms with Crippen molar-refractivity contribution in [1.82, 2.24) is 0 Å². The highest BCUT2D eigenvalue weighted by Gasteiger charge is 2.19. The molecule has 0 aliphatic rings. The zero-order valence-electron chi connectivity index (χ0n) is 10.2. The molecule has 0 fully saturated rings. The van der Waals surface area contributed by atoms with Crippen LogP contribution in [0.1, 0.15) is 13.8 Å². The molecule has 0 atom stereocenters. The smallest absolute Gasteiger partial charge is 0.344 e. The van der Waals surface area contributed by atoms with E-state index >= 15 is 0 Å². The first-order chi connectivity index (χ1) is 8.81. The molecule has 0 saturated carbocycles. The van der Waals surface area contributed by atoms with Crippen molar-refractivity contribution in [1.29, 1.82) is 0 Å². The lowest BCUT2D eigenvalue weighted by Crippen LogP contribution is -2.19. The fraction of sp³-hybridized carbons (Fsp3) is 0.364. The van der Waals surface area contributed by atoms with E-state index in [0.29, 0.717) is 0 Å². The summed E-state index contributed by atoms with van der Waals surface area (Å²) < 4.78 is 9.87. The van der Waals surface area contributed by atoms with E-state index in [4.69, 9.17) is 32.7 Å². The second-order valence-corrected chi connectivity index (χ2v) is 4.63. The Morgan fingerprint density at radius 3 is 2.47 bits per heavy atom. The molecule has 0 bridgehead atoms. The summed E-state index contributed by atoms with van der Waals surface area (Å²) in [6.07, 6.45) is -0.292. The van der Waals surface area contributed by atoms with Gasteiger partial charge in [0.15, 0.2) is 12.4 Å². The number of halogens is 2. The number of nitrogens with zero attached hydrogens (tertiary/aromatic N) is 1. The van der Waals surface area contributed by atoms with Gasteiger partial charge in [0.05, 0.1) is 21.1 Å². The van der Waals surface area contributed by atoms with Crippen LogP contribution < -0.4 is 4.74 Å². The van der Waals surface area contributed by atoms with Gasteiger partial charge in [-0.2, -0.15) is 0 Å². The quantitative estimate of drug-likeness (QED) is 0.474. The number of carbonyl (C=O) groups excluding carboxylic acids is 1. The van der Waals surface area contributed by atoms with Gasteiger partial charge < -0.3 is 9.47 Å². The first-order valence-electron chi connectivity index (χ1n) is 5.27. The van der Waals surface area contributed by atoms with Gasteiger partial charge in [0.2, 0.25) is 0 Å². The average molecular weight is 308 g/mol. The van der Waals surface area contributed by atoms with Crippen molar-refractivity contribution in [2.45, 2.75) is 20.0 Å². The Labute approximate surface area is 119 Å². The fourth-order valence-electron chi connectivity index (χ4n) is 1.21. The third kappa shape index (κ3) is 4.57. The molecule has 104 valence electrons. The summed E-state index contributed by atoms with van der Waals surface area (Å²) in [4.78, 5) is 21.4. The highest BCUT2D eigenvalue weighted by atomic mass is 35.5. The van der Waals surface area contributed by atoms with Crippen molar-refractivity contribution in [3.63, 3.8) is 0 Å². The van der Waals surface area contributed by atoms with E-state index in [1.807, 2.05) is 0 Å². The Hall–Kier alpha value is -1.53. The molecule has 0 aliphatic carbocycles. The molecule has 0 radical (unpaired) electrons. The topological polar surface area (TPSA) is 78.7 Å². The number of esters is 1. The summed E-state index contributed by atoms with van der Waals surface area (Å²) in [6, 6.07) is 2.25. The van der Waals surface area contributed by atoms with Crippen LogP contribution in [0.25, 0.3) is 0 Å². The lowest BCUT2D eigenvalue weighted by Gasteiger charge is -2.10. The second-order valence-electron chi connectivity index (χ2n) is 3.82. The van der Waals surface area contributed by atoms with Gasteiger partial charge in [-0.25, -0.2) is 4.79 Å². The molecule has 1 aromatic rings. The molecule has 8 heteroatoms. The lowest BCUT2D eigenvalue weighted by molar-refractivity contribution is -0.385. The van der Waals surface area contributed by atoms with Gasteiger partial charge in [-0.3, -0.25) is 10.1 Å². The van der Waals surface area contributed by atoms with Gasteiger partial charge in [0.25, 0.3) is 0 Å². The molecule has 0 aliphatic heterocycles. The summed E-state index contributed by atoms with van der Waals surface area (Å²) in [5.41, 5.74) is -0.369. The van der Waals surface area contributed by atoms with Crippen LogP contribution in [-0.2, 0) is 9.53 Å². The Balaban J connectivity index is 2.85. The van der Waals surface area contributed by atoms with Crippen LogP contribution in [0.2, 0.25) is 10.0 Å². The SMILES string of the molecule is CC(C)OC(=O)COc1cc(Cl)c(Cl)cc1[N+](=O)[O-]. The third-order valence-electron chi connectivity index (χ3n) is 1.91. The van der Waals surface area contributed by atoms with Crippen LogP contribution in [0.3, 0.4) is 0 Å². The number of carbonyl (C=O) groups is 1. The van der Waals surface area contributed by atoms with Gasteiger partial charge in [0, 0.05) is 12.1 Å². The van der Waals surface area contributed by atoms with Crippen molar-refractivity contribution in [2.75, 3.05) is 6.61 Å². The highest BCUT2D eigenvalue weighted by molar-refractivity contribution is 6.42. The molecule has 0 spiro atoms.